The summed E-state index contributed by atoms with van der Waals surface area (Å²) < 4.78 is 14.1. The summed E-state index contributed by atoms with van der Waals surface area (Å²) in [6.45, 7) is 0. The lowest BCUT2D eigenvalue weighted by atomic mass is 10.1. The smallest absolute Gasteiger partial charge is 0.267 e. The molecule has 0 saturated heterocycles. The summed E-state index contributed by atoms with van der Waals surface area (Å²) in [6.07, 6.45) is 4.02. The Morgan fingerprint density at radius 2 is 2.20 bits per heavy atom. The van der Waals surface area contributed by atoms with Crippen molar-refractivity contribution >= 4 is 0 Å². The highest BCUT2D eigenvalue weighted by atomic mass is 19.1. The highest BCUT2D eigenvalue weighted by Gasteiger charge is 2.05. The van der Waals surface area contributed by atoms with Crippen LogP contribution < -0.4 is 5.56 Å². The van der Waals surface area contributed by atoms with Crippen LogP contribution in [0.1, 0.15) is 0 Å². The van der Waals surface area contributed by atoms with Crippen molar-refractivity contribution < 1.29 is 4.39 Å². The van der Waals surface area contributed by atoms with Crippen molar-refractivity contribution in [1.29, 1.82) is 0 Å². The molecule has 0 spiro atoms. The van der Waals surface area contributed by atoms with Gasteiger partial charge < -0.3 is 0 Å². The third kappa shape index (κ3) is 1.76. The van der Waals surface area contributed by atoms with Crippen LogP contribution in [-0.2, 0) is 7.05 Å². The van der Waals surface area contributed by atoms with Crippen molar-refractivity contribution in [2.24, 2.45) is 7.05 Å². The number of halogens is 1. The molecule has 0 N–H and O–H groups in total. The molecule has 0 aliphatic rings. The number of hydrogen-bond donors (Lipinski definition) is 0. The molecule has 0 aromatic carbocycles. The maximum atomic E-state index is 12.9. The normalized spacial score (nSPS) is 10.3. The van der Waals surface area contributed by atoms with Gasteiger partial charge in [-0.2, -0.15) is 5.10 Å². The van der Waals surface area contributed by atoms with Crippen LogP contribution in [0.4, 0.5) is 4.39 Å². The molecule has 0 aliphatic carbocycles. The predicted molar refractivity (Wildman–Crippen MR) is 52.7 cm³/mol. The van der Waals surface area contributed by atoms with Crippen molar-refractivity contribution in [3.05, 3.63) is 46.9 Å². The topological polar surface area (TPSA) is 47.8 Å². The van der Waals surface area contributed by atoms with Gasteiger partial charge in [0, 0.05) is 25.0 Å². The summed E-state index contributed by atoms with van der Waals surface area (Å²) in [7, 11) is 1.54. The Morgan fingerprint density at radius 3 is 2.93 bits per heavy atom. The van der Waals surface area contributed by atoms with Crippen molar-refractivity contribution in [1.82, 2.24) is 14.8 Å². The monoisotopic (exact) mass is 205 g/mol. The third-order valence-electron chi connectivity index (χ3n) is 2.02. The molecule has 0 aliphatic heterocycles. The highest BCUT2D eigenvalue weighted by molar-refractivity contribution is 5.60. The lowest BCUT2D eigenvalue weighted by Crippen LogP contribution is -2.20. The predicted octanol–water partition coefficient (Wildman–Crippen LogP) is 0.981. The molecule has 0 unspecified atom stereocenters. The molecule has 2 heterocycles. The second kappa shape index (κ2) is 3.61. The largest absolute Gasteiger partial charge is 0.274 e. The number of hydrogen-bond acceptors (Lipinski definition) is 3. The number of rotatable bonds is 1. The van der Waals surface area contributed by atoms with Crippen LogP contribution in [0.15, 0.2) is 35.5 Å². The molecule has 2 aromatic heterocycles. The molecule has 0 atom stereocenters. The molecule has 76 valence electrons. The SMILES string of the molecule is Cn1nccc(-c2cncc(F)c2)c1=O. The number of pyridine rings is 1. The van der Waals surface area contributed by atoms with Gasteiger partial charge in [-0.3, -0.25) is 9.78 Å². The molecule has 0 fully saturated rings. The van der Waals surface area contributed by atoms with Crippen LogP contribution in [0.2, 0.25) is 0 Å². The summed E-state index contributed by atoms with van der Waals surface area (Å²) in [4.78, 5) is 15.3. The molecule has 0 saturated carbocycles. The quantitative estimate of drug-likeness (QED) is 0.697. The van der Waals surface area contributed by atoms with Gasteiger partial charge in [-0.05, 0) is 12.1 Å². The van der Waals surface area contributed by atoms with E-state index in [0.717, 1.165) is 6.20 Å². The average molecular weight is 205 g/mol. The lowest BCUT2D eigenvalue weighted by Gasteiger charge is -2.01. The van der Waals surface area contributed by atoms with E-state index in [-0.39, 0.29) is 5.56 Å². The third-order valence-corrected chi connectivity index (χ3v) is 2.02. The second-order valence-corrected chi connectivity index (χ2v) is 3.07. The van der Waals surface area contributed by atoms with Crippen molar-refractivity contribution in [3.8, 4) is 11.1 Å². The van der Waals surface area contributed by atoms with Crippen molar-refractivity contribution in [2.45, 2.75) is 0 Å². The maximum Gasteiger partial charge on any atom is 0.274 e. The molecule has 0 bridgehead atoms. The van der Waals surface area contributed by atoms with E-state index in [1.165, 1.54) is 23.1 Å². The van der Waals surface area contributed by atoms with E-state index >= 15 is 0 Å². The zero-order valence-electron chi connectivity index (χ0n) is 8.01. The van der Waals surface area contributed by atoms with E-state index in [1.54, 1.807) is 13.1 Å². The first-order valence-corrected chi connectivity index (χ1v) is 4.32. The second-order valence-electron chi connectivity index (χ2n) is 3.07. The van der Waals surface area contributed by atoms with Crippen LogP contribution in [0.25, 0.3) is 11.1 Å². The standard InChI is InChI=1S/C10H8FN3O/c1-14-10(15)9(2-3-13-14)7-4-8(11)6-12-5-7/h2-6H,1H3. The lowest BCUT2D eigenvalue weighted by molar-refractivity contribution is 0.622. The zero-order valence-corrected chi connectivity index (χ0v) is 8.01. The number of nitrogens with zero attached hydrogens (tertiary/aromatic N) is 3. The van der Waals surface area contributed by atoms with E-state index < -0.39 is 5.82 Å². The summed E-state index contributed by atoms with van der Waals surface area (Å²) in [5.74, 6) is -0.466. The molecular formula is C10H8FN3O. The fraction of sp³-hybridized carbons (Fsp3) is 0.100. The van der Waals surface area contributed by atoms with Crippen LogP contribution in [0.5, 0.6) is 0 Å². The molecule has 2 aromatic rings. The van der Waals surface area contributed by atoms with Gasteiger partial charge >= 0.3 is 0 Å². The van der Waals surface area contributed by atoms with Crippen LogP contribution in [0.3, 0.4) is 0 Å². The van der Waals surface area contributed by atoms with E-state index in [9.17, 15) is 9.18 Å². The van der Waals surface area contributed by atoms with Crippen molar-refractivity contribution in [3.63, 3.8) is 0 Å². The van der Waals surface area contributed by atoms with Gasteiger partial charge in [-0.1, -0.05) is 0 Å². The fourth-order valence-electron chi connectivity index (χ4n) is 1.28. The highest BCUT2D eigenvalue weighted by Crippen LogP contribution is 2.13. The Balaban J connectivity index is 2.65. The molecule has 4 nitrogen and oxygen atoms in total. The maximum absolute atomic E-state index is 12.9. The van der Waals surface area contributed by atoms with Gasteiger partial charge in [-0.15, -0.1) is 0 Å². The fourth-order valence-corrected chi connectivity index (χ4v) is 1.28. The summed E-state index contributed by atoms with van der Waals surface area (Å²) in [5, 5.41) is 3.78. The first kappa shape index (κ1) is 9.51. The number of aryl methyl sites for hydroxylation is 1. The minimum Gasteiger partial charge on any atom is -0.267 e. The number of aromatic nitrogens is 3. The summed E-state index contributed by atoms with van der Waals surface area (Å²) >= 11 is 0. The van der Waals surface area contributed by atoms with Gasteiger partial charge in [0.15, 0.2) is 0 Å². The molecule has 0 radical (unpaired) electrons. The van der Waals surface area contributed by atoms with Gasteiger partial charge in [0.25, 0.3) is 5.56 Å². The molecule has 2 rings (SSSR count). The Kier molecular flexibility index (Phi) is 2.29. The first-order chi connectivity index (χ1) is 7.18. The average Bonchev–Trinajstić information content (AvgIpc) is 2.22. The summed E-state index contributed by atoms with van der Waals surface area (Å²) in [5.41, 5.74) is 0.572. The zero-order chi connectivity index (χ0) is 10.8. The van der Waals surface area contributed by atoms with Crippen molar-refractivity contribution in [2.75, 3.05) is 0 Å². The van der Waals surface area contributed by atoms with Crippen LogP contribution in [-0.4, -0.2) is 14.8 Å². The Bertz CT molecular complexity index is 550. The van der Waals surface area contributed by atoms with Gasteiger partial charge in [0.05, 0.1) is 11.8 Å². The Labute approximate surface area is 85.0 Å². The minimum absolute atomic E-state index is 0.273. The van der Waals surface area contributed by atoms with Gasteiger partial charge in [0.2, 0.25) is 0 Å². The summed E-state index contributed by atoms with van der Waals surface area (Å²) in [6, 6.07) is 2.81. The van der Waals surface area contributed by atoms with E-state index in [1.807, 2.05) is 0 Å². The molecule has 15 heavy (non-hydrogen) atoms. The van der Waals surface area contributed by atoms with E-state index in [4.69, 9.17) is 0 Å². The molecular weight excluding hydrogens is 197 g/mol. The van der Waals surface area contributed by atoms with Gasteiger partial charge in [-0.25, -0.2) is 9.07 Å². The first-order valence-electron chi connectivity index (χ1n) is 4.32. The van der Waals surface area contributed by atoms with Crippen LogP contribution in [0, 0.1) is 5.82 Å². The molecule has 5 heteroatoms. The van der Waals surface area contributed by atoms with E-state index in [2.05, 4.69) is 10.1 Å². The van der Waals surface area contributed by atoms with Gasteiger partial charge in [0.1, 0.15) is 5.82 Å². The minimum atomic E-state index is -0.466. The Hall–Kier alpha value is -2.04. The van der Waals surface area contributed by atoms with E-state index in [0.29, 0.717) is 11.1 Å². The molecule has 0 amide bonds. The van der Waals surface area contributed by atoms with Crippen LogP contribution >= 0.6 is 0 Å². The Morgan fingerprint density at radius 1 is 1.40 bits per heavy atom.